The van der Waals surface area contributed by atoms with Gasteiger partial charge in [0.05, 0.1) is 0 Å². The maximum Gasteiger partial charge on any atom is 0.248 e. The van der Waals surface area contributed by atoms with Crippen LogP contribution < -0.4 is 0 Å². The van der Waals surface area contributed by atoms with Gasteiger partial charge in [-0.3, -0.25) is 10.1 Å². The van der Waals surface area contributed by atoms with Crippen LogP contribution in [0.15, 0.2) is 40.9 Å². The van der Waals surface area contributed by atoms with Crippen molar-refractivity contribution in [2.24, 2.45) is 0 Å². The molecule has 0 saturated carbocycles. The summed E-state index contributed by atoms with van der Waals surface area (Å²) in [5.41, 5.74) is 0.415. The van der Waals surface area contributed by atoms with Crippen LogP contribution in [0.2, 0.25) is 0 Å². The maximum absolute atomic E-state index is 11.2. The highest BCUT2D eigenvalue weighted by atomic mass is 79.9. The van der Waals surface area contributed by atoms with E-state index in [0.29, 0.717) is 12.0 Å². The number of rotatable bonds is 4. The van der Waals surface area contributed by atoms with Crippen LogP contribution in [-0.4, -0.2) is 4.92 Å². The standard InChI is InChI=1S/C12H14BrNO2/c1-9(2)8-12(3,14(15)16)10-4-6-11(13)7-5-10/h4-7H,1,8H2,2-3H3/t12-/m0/s1. The number of halogens is 1. The van der Waals surface area contributed by atoms with Gasteiger partial charge in [0.25, 0.3) is 0 Å². The highest BCUT2D eigenvalue weighted by Gasteiger charge is 2.38. The van der Waals surface area contributed by atoms with Gasteiger partial charge in [-0.25, -0.2) is 0 Å². The summed E-state index contributed by atoms with van der Waals surface area (Å²) >= 11 is 3.31. The molecule has 0 bridgehead atoms. The van der Waals surface area contributed by atoms with Gasteiger partial charge in [-0.2, -0.15) is 0 Å². The van der Waals surface area contributed by atoms with Gasteiger partial charge in [-0.1, -0.05) is 40.2 Å². The van der Waals surface area contributed by atoms with Crippen molar-refractivity contribution in [3.63, 3.8) is 0 Å². The quantitative estimate of drug-likeness (QED) is 0.478. The lowest BCUT2D eigenvalue weighted by Gasteiger charge is -2.21. The monoisotopic (exact) mass is 283 g/mol. The second-order valence-corrected chi connectivity index (χ2v) is 5.09. The number of nitrogens with zero attached hydrogens (tertiary/aromatic N) is 1. The Morgan fingerprint density at radius 3 is 2.38 bits per heavy atom. The van der Waals surface area contributed by atoms with Gasteiger partial charge in [0.1, 0.15) is 0 Å². The van der Waals surface area contributed by atoms with Crippen LogP contribution in [0, 0.1) is 10.1 Å². The van der Waals surface area contributed by atoms with Crippen LogP contribution in [0.5, 0.6) is 0 Å². The summed E-state index contributed by atoms with van der Waals surface area (Å²) in [6, 6.07) is 7.18. The fraction of sp³-hybridized carbons (Fsp3) is 0.333. The lowest BCUT2D eigenvalue weighted by atomic mass is 9.87. The van der Waals surface area contributed by atoms with Crippen molar-refractivity contribution in [3.8, 4) is 0 Å². The molecule has 3 nitrogen and oxygen atoms in total. The van der Waals surface area contributed by atoms with Crippen molar-refractivity contribution in [2.45, 2.75) is 25.8 Å². The van der Waals surface area contributed by atoms with Crippen molar-refractivity contribution in [1.82, 2.24) is 0 Å². The number of benzene rings is 1. The third-order valence-corrected chi connectivity index (χ3v) is 3.04. The molecule has 0 N–H and O–H groups in total. The predicted molar refractivity (Wildman–Crippen MR) is 67.9 cm³/mol. The molecule has 1 aromatic rings. The first-order chi connectivity index (χ1) is 7.36. The van der Waals surface area contributed by atoms with Crippen molar-refractivity contribution in [2.75, 3.05) is 0 Å². The van der Waals surface area contributed by atoms with Crippen molar-refractivity contribution in [3.05, 3.63) is 56.6 Å². The number of hydrogen-bond acceptors (Lipinski definition) is 2. The van der Waals surface area contributed by atoms with Gasteiger partial charge in [-0.15, -0.1) is 0 Å². The van der Waals surface area contributed by atoms with Crippen molar-refractivity contribution in [1.29, 1.82) is 0 Å². The smallest absolute Gasteiger partial charge is 0.248 e. The van der Waals surface area contributed by atoms with Crippen LogP contribution >= 0.6 is 15.9 Å². The molecule has 0 aliphatic rings. The van der Waals surface area contributed by atoms with Gasteiger partial charge < -0.3 is 0 Å². The average Bonchev–Trinajstić information content (AvgIpc) is 2.17. The van der Waals surface area contributed by atoms with Crippen LogP contribution in [0.1, 0.15) is 25.8 Å². The molecule has 4 heteroatoms. The van der Waals surface area contributed by atoms with Gasteiger partial charge in [-0.05, 0) is 19.1 Å². The zero-order valence-corrected chi connectivity index (χ0v) is 11.0. The molecule has 86 valence electrons. The van der Waals surface area contributed by atoms with Crippen LogP contribution in [-0.2, 0) is 5.54 Å². The lowest BCUT2D eigenvalue weighted by Crippen LogP contribution is -2.32. The predicted octanol–water partition coefficient (Wildman–Crippen LogP) is 3.91. The minimum absolute atomic E-state index is 0.245. The molecule has 16 heavy (non-hydrogen) atoms. The largest absolute Gasteiger partial charge is 0.264 e. The summed E-state index contributed by atoms with van der Waals surface area (Å²) in [4.78, 5) is 10.9. The van der Waals surface area contributed by atoms with Gasteiger partial charge in [0, 0.05) is 28.3 Å². The second kappa shape index (κ2) is 4.78. The van der Waals surface area contributed by atoms with Crippen LogP contribution in [0.3, 0.4) is 0 Å². The molecule has 0 radical (unpaired) electrons. The Morgan fingerprint density at radius 1 is 1.50 bits per heavy atom. The molecule has 0 spiro atoms. The third-order valence-electron chi connectivity index (χ3n) is 2.52. The number of nitro groups is 1. The molecule has 1 atom stereocenters. The number of hydrogen-bond donors (Lipinski definition) is 0. The van der Waals surface area contributed by atoms with E-state index < -0.39 is 5.54 Å². The summed E-state index contributed by atoms with van der Waals surface area (Å²) in [7, 11) is 0. The first-order valence-electron chi connectivity index (χ1n) is 4.91. The topological polar surface area (TPSA) is 43.1 Å². The van der Waals surface area contributed by atoms with E-state index in [1.807, 2.05) is 12.1 Å². The summed E-state index contributed by atoms with van der Waals surface area (Å²) < 4.78 is 0.914. The molecular weight excluding hydrogens is 270 g/mol. The molecule has 0 aromatic heterocycles. The maximum atomic E-state index is 11.2. The fourth-order valence-corrected chi connectivity index (χ4v) is 1.93. The molecule has 0 amide bonds. The van der Waals surface area contributed by atoms with E-state index >= 15 is 0 Å². The van der Waals surface area contributed by atoms with E-state index in [0.717, 1.165) is 10.0 Å². The molecule has 0 aliphatic carbocycles. The Bertz CT molecular complexity index is 414. The third kappa shape index (κ3) is 2.70. The minimum Gasteiger partial charge on any atom is -0.264 e. The Labute approximate surface area is 103 Å². The molecule has 0 aliphatic heterocycles. The second-order valence-electron chi connectivity index (χ2n) is 4.17. The first kappa shape index (κ1) is 12.9. The zero-order valence-electron chi connectivity index (χ0n) is 9.37. The van der Waals surface area contributed by atoms with Crippen LogP contribution in [0.4, 0.5) is 0 Å². The van der Waals surface area contributed by atoms with Gasteiger partial charge in [0.2, 0.25) is 5.54 Å². The summed E-state index contributed by atoms with van der Waals surface area (Å²) in [5.74, 6) is 0. The van der Waals surface area contributed by atoms with Gasteiger partial charge >= 0.3 is 0 Å². The Kier molecular flexibility index (Phi) is 3.86. The molecule has 0 heterocycles. The van der Waals surface area contributed by atoms with E-state index in [-0.39, 0.29) is 4.92 Å². The van der Waals surface area contributed by atoms with E-state index in [1.54, 1.807) is 26.0 Å². The highest BCUT2D eigenvalue weighted by Crippen LogP contribution is 2.31. The average molecular weight is 284 g/mol. The fourth-order valence-electron chi connectivity index (χ4n) is 1.67. The van der Waals surface area contributed by atoms with Gasteiger partial charge in [0.15, 0.2) is 0 Å². The normalized spacial score (nSPS) is 14.2. The Morgan fingerprint density at radius 2 is 2.00 bits per heavy atom. The van der Waals surface area contributed by atoms with E-state index in [4.69, 9.17) is 0 Å². The Hall–Kier alpha value is -1.16. The lowest BCUT2D eigenvalue weighted by molar-refractivity contribution is -0.574. The SMILES string of the molecule is C=C(C)C[C@@](C)(c1ccc(Br)cc1)[N+](=O)[O-]. The molecule has 0 fully saturated rings. The molecule has 1 aromatic carbocycles. The van der Waals surface area contributed by atoms with E-state index in [2.05, 4.69) is 22.5 Å². The molecule has 1 rings (SSSR count). The van der Waals surface area contributed by atoms with Crippen molar-refractivity contribution >= 4 is 15.9 Å². The molecule has 0 saturated heterocycles. The van der Waals surface area contributed by atoms with Crippen LogP contribution in [0.25, 0.3) is 0 Å². The highest BCUT2D eigenvalue weighted by molar-refractivity contribution is 9.10. The summed E-state index contributed by atoms with van der Waals surface area (Å²) in [6.45, 7) is 7.19. The summed E-state index contributed by atoms with van der Waals surface area (Å²) in [5, 5.41) is 11.2. The summed E-state index contributed by atoms with van der Waals surface area (Å²) in [6.07, 6.45) is 0.349. The molecule has 0 unspecified atom stereocenters. The van der Waals surface area contributed by atoms with E-state index in [9.17, 15) is 10.1 Å². The Balaban J connectivity index is 3.16. The first-order valence-corrected chi connectivity index (χ1v) is 5.70. The zero-order chi connectivity index (χ0) is 12.3. The van der Waals surface area contributed by atoms with Crippen molar-refractivity contribution < 1.29 is 4.92 Å². The van der Waals surface area contributed by atoms with E-state index in [1.165, 1.54) is 0 Å². The molecular formula is C12H14BrNO2. The minimum atomic E-state index is -1.09.